The van der Waals surface area contributed by atoms with Crippen molar-refractivity contribution in [1.29, 1.82) is 15.8 Å². The minimum Gasteiger partial charge on any atom is -0.444 e. The number of carbonyl (C=O) groups is 1. The summed E-state index contributed by atoms with van der Waals surface area (Å²) in [5.74, 6) is -0.520. The van der Waals surface area contributed by atoms with Crippen molar-refractivity contribution in [1.82, 2.24) is 4.90 Å². The van der Waals surface area contributed by atoms with Crippen LogP contribution >= 0.6 is 0 Å². The summed E-state index contributed by atoms with van der Waals surface area (Å²) in [7, 11) is 0. The van der Waals surface area contributed by atoms with Gasteiger partial charge in [-0.3, -0.25) is 0 Å². The number of nitrogens with one attached hydrogen (secondary N) is 1. The maximum atomic E-state index is 14.6. The van der Waals surface area contributed by atoms with Crippen LogP contribution in [0.1, 0.15) is 20.8 Å². The first-order valence-corrected chi connectivity index (χ1v) is 8.93. The Bertz CT molecular complexity index is 922. The number of piperazine rings is 1. The lowest BCUT2D eigenvalue weighted by atomic mass is 10.1. The Labute approximate surface area is 169 Å². The fourth-order valence-electron chi connectivity index (χ4n) is 2.79. The molecule has 0 saturated carbocycles. The van der Waals surface area contributed by atoms with Gasteiger partial charge in [0, 0.05) is 26.2 Å². The van der Waals surface area contributed by atoms with E-state index in [2.05, 4.69) is 5.32 Å². The van der Waals surface area contributed by atoms with Crippen LogP contribution in [0.15, 0.2) is 29.5 Å². The summed E-state index contributed by atoms with van der Waals surface area (Å²) < 4.78 is 20.0. The SMILES string of the molecule is CC(C)(C)OC(=O)N1CCN(c2c(F)cccc2NC(C#N)=C(C#N)C#N)CC1. The molecule has 1 saturated heterocycles. The summed E-state index contributed by atoms with van der Waals surface area (Å²) >= 11 is 0. The number of nitrogens with zero attached hydrogens (tertiary/aromatic N) is 5. The smallest absolute Gasteiger partial charge is 0.410 e. The molecule has 1 aliphatic rings. The summed E-state index contributed by atoms with van der Waals surface area (Å²) in [5, 5.41) is 29.9. The first kappa shape index (κ1) is 21.5. The Balaban J connectivity index is 2.22. The molecular weight excluding hydrogens is 375 g/mol. The molecule has 1 heterocycles. The van der Waals surface area contributed by atoms with Gasteiger partial charge in [-0.1, -0.05) is 6.07 Å². The maximum Gasteiger partial charge on any atom is 0.410 e. The molecule has 29 heavy (non-hydrogen) atoms. The van der Waals surface area contributed by atoms with Crippen LogP contribution in [-0.2, 0) is 4.74 Å². The van der Waals surface area contributed by atoms with Gasteiger partial charge < -0.3 is 19.9 Å². The van der Waals surface area contributed by atoms with Crippen molar-refractivity contribution in [3.8, 4) is 18.2 Å². The van der Waals surface area contributed by atoms with Crippen molar-refractivity contribution in [2.24, 2.45) is 0 Å². The van der Waals surface area contributed by atoms with E-state index >= 15 is 0 Å². The van der Waals surface area contributed by atoms with E-state index in [9.17, 15) is 14.4 Å². The monoisotopic (exact) mass is 396 g/mol. The summed E-state index contributed by atoms with van der Waals surface area (Å²) in [4.78, 5) is 15.5. The third-order valence-electron chi connectivity index (χ3n) is 4.08. The van der Waals surface area contributed by atoms with Gasteiger partial charge in [-0.25, -0.2) is 9.18 Å². The lowest BCUT2D eigenvalue weighted by molar-refractivity contribution is 0.0240. The van der Waals surface area contributed by atoms with Gasteiger partial charge in [0.1, 0.15) is 35.3 Å². The van der Waals surface area contributed by atoms with E-state index in [1.165, 1.54) is 12.1 Å². The van der Waals surface area contributed by atoms with Crippen LogP contribution in [0.3, 0.4) is 0 Å². The second-order valence-corrected chi connectivity index (χ2v) is 7.30. The van der Waals surface area contributed by atoms with Crippen molar-refractivity contribution < 1.29 is 13.9 Å². The average molecular weight is 396 g/mol. The highest BCUT2D eigenvalue weighted by Crippen LogP contribution is 2.31. The van der Waals surface area contributed by atoms with Gasteiger partial charge in [0.05, 0.1) is 11.4 Å². The summed E-state index contributed by atoms with van der Waals surface area (Å²) in [6.07, 6.45) is -0.425. The number of nitriles is 3. The predicted molar refractivity (Wildman–Crippen MR) is 104 cm³/mol. The lowest BCUT2D eigenvalue weighted by Gasteiger charge is -2.37. The highest BCUT2D eigenvalue weighted by Gasteiger charge is 2.28. The Morgan fingerprint density at radius 1 is 1.10 bits per heavy atom. The molecule has 0 unspecified atom stereocenters. The summed E-state index contributed by atoms with van der Waals surface area (Å²) in [6.45, 7) is 6.74. The van der Waals surface area contributed by atoms with Gasteiger partial charge in [-0.15, -0.1) is 0 Å². The van der Waals surface area contributed by atoms with E-state index in [4.69, 9.17) is 15.3 Å². The van der Waals surface area contributed by atoms with Gasteiger partial charge in [0.15, 0.2) is 5.57 Å². The second kappa shape index (κ2) is 8.95. The first-order chi connectivity index (χ1) is 13.7. The van der Waals surface area contributed by atoms with Crippen LogP contribution in [-0.4, -0.2) is 42.8 Å². The van der Waals surface area contributed by atoms with Crippen LogP contribution in [0.25, 0.3) is 0 Å². The molecule has 1 aliphatic heterocycles. The molecule has 0 aliphatic carbocycles. The Morgan fingerprint density at radius 3 is 2.24 bits per heavy atom. The van der Waals surface area contributed by atoms with E-state index in [0.717, 1.165) is 0 Å². The number of ether oxygens (including phenoxy) is 1. The van der Waals surface area contributed by atoms with Crippen LogP contribution < -0.4 is 10.2 Å². The van der Waals surface area contributed by atoms with Crippen molar-refractivity contribution >= 4 is 17.5 Å². The van der Waals surface area contributed by atoms with Crippen LogP contribution in [0.5, 0.6) is 0 Å². The minimum absolute atomic E-state index is 0.208. The Morgan fingerprint density at radius 2 is 1.72 bits per heavy atom. The number of halogens is 1. The molecule has 8 nitrogen and oxygen atoms in total. The van der Waals surface area contributed by atoms with Crippen LogP contribution in [0.4, 0.5) is 20.6 Å². The second-order valence-electron chi connectivity index (χ2n) is 7.30. The molecule has 2 rings (SSSR count). The number of benzene rings is 1. The highest BCUT2D eigenvalue weighted by molar-refractivity contribution is 5.75. The normalized spacial score (nSPS) is 13.6. The minimum atomic E-state index is -0.601. The number of amides is 1. The molecule has 0 aromatic heterocycles. The van der Waals surface area contributed by atoms with Crippen LogP contribution in [0, 0.1) is 39.8 Å². The zero-order chi connectivity index (χ0) is 21.6. The molecule has 1 fully saturated rings. The molecule has 1 aromatic carbocycles. The van der Waals surface area contributed by atoms with Crippen LogP contribution in [0.2, 0.25) is 0 Å². The Kier molecular flexibility index (Phi) is 6.64. The largest absolute Gasteiger partial charge is 0.444 e. The van der Waals surface area contributed by atoms with Crippen molar-refractivity contribution in [3.05, 3.63) is 35.3 Å². The third kappa shape index (κ3) is 5.37. The van der Waals surface area contributed by atoms with E-state index < -0.39 is 23.1 Å². The van der Waals surface area contributed by atoms with Gasteiger partial charge >= 0.3 is 6.09 Å². The number of carbonyl (C=O) groups excluding carboxylic acids is 1. The van der Waals surface area contributed by atoms with Crippen molar-refractivity contribution in [2.45, 2.75) is 26.4 Å². The fraction of sp³-hybridized carbons (Fsp3) is 0.400. The van der Waals surface area contributed by atoms with E-state index in [0.29, 0.717) is 26.2 Å². The van der Waals surface area contributed by atoms with Gasteiger partial charge in [-0.2, -0.15) is 15.8 Å². The molecule has 150 valence electrons. The van der Waals surface area contributed by atoms with Gasteiger partial charge in [0.25, 0.3) is 0 Å². The quantitative estimate of drug-likeness (QED) is 0.780. The molecule has 0 radical (unpaired) electrons. The van der Waals surface area contributed by atoms with E-state index in [1.54, 1.807) is 54.8 Å². The summed E-state index contributed by atoms with van der Waals surface area (Å²) in [6, 6.07) is 9.35. The van der Waals surface area contributed by atoms with E-state index in [1.807, 2.05) is 0 Å². The molecule has 0 bridgehead atoms. The predicted octanol–water partition coefficient (Wildman–Crippen LogP) is 3.12. The maximum absolute atomic E-state index is 14.6. The molecule has 1 amide bonds. The lowest BCUT2D eigenvalue weighted by Crippen LogP contribution is -2.50. The fourth-order valence-corrected chi connectivity index (χ4v) is 2.79. The molecule has 0 spiro atoms. The number of rotatable bonds is 3. The van der Waals surface area contributed by atoms with Gasteiger partial charge in [0.2, 0.25) is 0 Å². The highest BCUT2D eigenvalue weighted by atomic mass is 19.1. The third-order valence-corrected chi connectivity index (χ3v) is 4.08. The number of para-hydroxylation sites is 1. The first-order valence-electron chi connectivity index (χ1n) is 8.93. The molecular formula is C20H21FN6O2. The molecule has 1 aromatic rings. The number of allylic oxidation sites excluding steroid dienone is 2. The summed E-state index contributed by atoms with van der Waals surface area (Å²) in [5.41, 5.74) is -0.780. The van der Waals surface area contributed by atoms with Crippen molar-refractivity contribution in [3.63, 3.8) is 0 Å². The zero-order valence-corrected chi connectivity index (χ0v) is 16.5. The standard InChI is InChI=1S/C20H21FN6O2/c1-20(2,3)29-19(28)27-9-7-26(8-10-27)18-15(21)5-4-6-16(18)25-17(13-24)14(11-22)12-23/h4-6,25H,7-10H2,1-3H3. The van der Waals surface area contributed by atoms with E-state index in [-0.39, 0.29) is 17.1 Å². The topological polar surface area (TPSA) is 116 Å². The van der Waals surface area contributed by atoms with Gasteiger partial charge in [-0.05, 0) is 32.9 Å². The average Bonchev–Trinajstić information content (AvgIpc) is 2.67. The molecule has 0 atom stereocenters. The number of hydrogen-bond donors (Lipinski definition) is 1. The number of anilines is 2. The number of hydrogen-bond acceptors (Lipinski definition) is 7. The van der Waals surface area contributed by atoms with Crippen molar-refractivity contribution in [2.75, 3.05) is 36.4 Å². The molecule has 9 heteroatoms. The Hall–Kier alpha value is -3.77. The molecule has 1 N–H and O–H groups in total. The zero-order valence-electron chi connectivity index (χ0n) is 16.5.